The van der Waals surface area contributed by atoms with Crippen LogP contribution in [0.5, 0.6) is 0 Å². The van der Waals surface area contributed by atoms with Crippen molar-refractivity contribution in [3.8, 4) is 0 Å². The van der Waals surface area contributed by atoms with E-state index in [0.29, 0.717) is 31.8 Å². The molecule has 0 bridgehead atoms. The van der Waals surface area contributed by atoms with E-state index in [1.807, 2.05) is 0 Å². The van der Waals surface area contributed by atoms with Gasteiger partial charge in [0, 0.05) is 6.54 Å². The van der Waals surface area contributed by atoms with E-state index in [2.05, 4.69) is 31.4 Å². The molecule has 1 heterocycles. The molecule has 4 amide bonds. The lowest BCUT2D eigenvalue weighted by molar-refractivity contribution is -0.136. The Kier molecular flexibility index (Phi) is 6.66. The van der Waals surface area contributed by atoms with Crippen molar-refractivity contribution in [3.63, 3.8) is 0 Å². The smallest absolute Gasteiger partial charge is 0.325 e. The van der Waals surface area contributed by atoms with E-state index in [4.69, 9.17) is 5.73 Å². The van der Waals surface area contributed by atoms with Gasteiger partial charge in [-0.2, -0.15) is 0 Å². The monoisotopic (exact) mass is 366 g/mol. The van der Waals surface area contributed by atoms with Gasteiger partial charge in [0.1, 0.15) is 12.1 Å². The summed E-state index contributed by atoms with van der Waals surface area (Å²) in [6.07, 6.45) is 5.88. The molecule has 0 unspecified atom stereocenters. The minimum Gasteiger partial charge on any atom is -0.355 e. The first-order valence-corrected chi connectivity index (χ1v) is 9.86. The average molecular weight is 367 g/mol. The molecule has 7 nitrogen and oxygen atoms in total. The largest absolute Gasteiger partial charge is 0.355 e. The summed E-state index contributed by atoms with van der Waals surface area (Å²) < 4.78 is 0. The van der Waals surface area contributed by atoms with Crippen molar-refractivity contribution in [2.45, 2.75) is 71.3 Å². The van der Waals surface area contributed by atoms with E-state index in [-0.39, 0.29) is 23.8 Å². The second kappa shape index (κ2) is 8.37. The molecule has 1 spiro atoms. The number of unbranched alkanes of at least 4 members (excludes halogenated alkanes) is 1. The molecule has 4 N–H and O–H groups in total. The zero-order chi connectivity index (χ0) is 19.4. The molecule has 148 valence electrons. The number of urea groups is 1. The minimum absolute atomic E-state index is 0.209. The Bertz CT molecular complexity index is 539. The summed E-state index contributed by atoms with van der Waals surface area (Å²) in [7, 11) is 0. The molecule has 1 saturated heterocycles. The van der Waals surface area contributed by atoms with Gasteiger partial charge in [-0.15, -0.1) is 0 Å². The first-order chi connectivity index (χ1) is 12.3. The van der Waals surface area contributed by atoms with E-state index < -0.39 is 11.6 Å². The molecule has 0 atom stereocenters. The quantitative estimate of drug-likeness (QED) is 0.450. The molecule has 0 radical (unpaired) electrons. The Labute approximate surface area is 156 Å². The highest BCUT2D eigenvalue weighted by molar-refractivity contribution is 6.09. The number of hydrogen-bond donors (Lipinski definition) is 3. The van der Waals surface area contributed by atoms with Gasteiger partial charge in [-0.05, 0) is 56.4 Å². The van der Waals surface area contributed by atoms with Crippen LogP contribution in [0.25, 0.3) is 0 Å². The summed E-state index contributed by atoms with van der Waals surface area (Å²) in [5.41, 5.74) is 4.86. The normalized spacial score (nSPS) is 26.3. The number of nitrogens with two attached hydrogens (primary N) is 1. The topological polar surface area (TPSA) is 105 Å². The van der Waals surface area contributed by atoms with Crippen molar-refractivity contribution >= 4 is 17.8 Å². The molecule has 2 fully saturated rings. The lowest BCUT2D eigenvalue weighted by Crippen LogP contribution is -2.51. The standard InChI is InChI=1S/C19H34N4O3/c1-4-18(2,3)14-7-9-19(10-8-14)16(25)23(17(26)22-19)13-15(24)21-12-6-5-11-20/h14H,4-13,20H2,1-3H3,(H,21,24)(H,22,26). The molecule has 0 aromatic carbocycles. The third kappa shape index (κ3) is 4.37. The van der Waals surface area contributed by atoms with Crippen molar-refractivity contribution in [1.29, 1.82) is 0 Å². The third-order valence-corrected chi connectivity index (χ3v) is 6.36. The van der Waals surface area contributed by atoms with Gasteiger partial charge >= 0.3 is 6.03 Å². The first-order valence-electron chi connectivity index (χ1n) is 9.86. The van der Waals surface area contributed by atoms with Crippen molar-refractivity contribution in [2.24, 2.45) is 17.1 Å². The average Bonchev–Trinajstić information content (AvgIpc) is 2.83. The Morgan fingerprint density at radius 2 is 1.96 bits per heavy atom. The van der Waals surface area contributed by atoms with E-state index >= 15 is 0 Å². The van der Waals surface area contributed by atoms with Crippen LogP contribution < -0.4 is 16.4 Å². The van der Waals surface area contributed by atoms with Gasteiger partial charge in [0.15, 0.2) is 0 Å². The highest BCUT2D eigenvalue weighted by atomic mass is 16.2. The van der Waals surface area contributed by atoms with Gasteiger partial charge in [0.2, 0.25) is 5.91 Å². The first kappa shape index (κ1) is 20.7. The van der Waals surface area contributed by atoms with Crippen LogP contribution in [0.1, 0.15) is 65.7 Å². The molecule has 7 heteroatoms. The molecule has 2 aliphatic rings. The molecule has 1 saturated carbocycles. The summed E-state index contributed by atoms with van der Waals surface area (Å²) in [6, 6.07) is -0.444. The maximum atomic E-state index is 12.9. The van der Waals surface area contributed by atoms with Crippen LogP contribution in [0.4, 0.5) is 4.79 Å². The Hall–Kier alpha value is -1.63. The van der Waals surface area contributed by atoms with Gasteiger partial charge < -0.3 is 16.4 Å². The molecule has 26 heavy (non-hydrogen) atoms. The number of nitrogens with zero attached hydrogens (tertiary/aromatic N) is 1. The van der Waals surface area contributed by atoms with Gasteiger partial charge in [-0.3, -0.25) is 14.5 Å². The van der Waals surface area contributed by atoms with Crippen molar-refractivity contribution in [3.05, 3.63) is 0 Å². The highest BCUT2D eigenvalue weighted by Gasteiger charge is 2.53. The molecule has 1 aliphatic heterocycles. The van der Waals surface area contributed by atoms with Crippen molar-refractivity contribution in [2.75, 3.05) is 19.6 Å². The molecule has 1 aliphatic carbocycles. The number of nitrogens with one attached hydrogen (secondary N) is 2. The van der Waals surface area contributed by atoms with Crippen LogP contribution in [0, 0.1) is 11.3 Å². The Balaban J connectivity index is 1.91. The van der Waals surface area contributed by atoms with Crippen molar-refractivity contribution < 1.29 is 14.4 Å². The minimum atomic E-state index is -0.808. The van der Waals surface area contributed by atoms with Crippen molar-refractivity contribution in [1.82, 2.24) is 15.5 Å². The summed E-state index contributed by atoms with van der Waals surface area (Å²) in [4.78, 5) is 38.3. The zero-order valence-corrected chi connectivity index (χ0v) is 16.4. The number of amides is 4. The van der Waals surface area contributed by atoms with E-state index in [1.165, 1.54) is 0 Å². The van der Waals surface area contributed by atoms with Crippen LogP contribution in [-0.2, 0) is 9.59 Å². The summed E-state index contributed by atoms with van der Waals surface area (Å²) >= 11 is 0. The Morgan fingerprint density at radius 1 is 1.31 bits per heavy atom. The van der Waals surface area contributed by atoms with Crippen LogP contribution in [-0.4, -0.2) is 47.9 Å². The second-order valence-corrected chi connectivity index (χ2v) is 8.37. The maximum Gasteiger partial charge on any atom is 0.325 e. The molecule has 0 aromatic heterocycles. The van der Waals surface area contributed by atoms with Gasteiger partial charge in [-0.1, -0.05) is 27.2 Å². The van der Waals surface area contributed by atoms with Crippen LogP contribution in [0.2, 0.25) is 0 Å². The SMILES string of the molecule is CCC(C)(C)C1CCC2(CC1)NC(=O)N(CC(=O)NCCCCN)C2=O. The second-order valence-electron chi connectivity index (χ2n) is 8.37. The van der Waals surface area contributed by atoms with Gasteiger partial charge in [0.05, 0.1) is 0 Å². The fourth-order valence-corrected chi connectivity index (χ4v) is 4.04. The highest BCUT2D eigenvalue weighted by Crippen LogP contribution is 2.45. The molecular formula is C19H34N4O3. The van der Waals surface area contributed by atoms with Crippen LogP contribution in [0.3, 0.4) is 0 Å². The lowest BCUT2D eigenvalue weighted by atomic mass is 9.65. The van der Waals surface area contributed by atoms with Gasteiger partial charge in [0.25, 0.3) is 5.91 Å². The van der Waals surface area contributed by atoms with E-state index in [9.17, 15) is 14.4 Å². The van der Waals surface area contributed by atoms with Crippen LogP contribution in [0.15, 0.2) is 0 Å². The number of carbonyl (C=O) groups excluding carboxylic acids is 3. The Morgan fingerprint density at radius 3 is 2.54 bits per heavy atom. The summed E-state index contributed by atoms with van der Waals surface area (Å²) in [5.74, 6) is 0.0125. The predicted octanol–water partition coefficient (Wildman–Crippen LogP) is 1.76. The van der Waals surface area contributed by atoms with E-state index in [1.54, 1.807) is 0 Å². The summed E-state index contributed by atoms with van der Waals surface area (Å²) in [6.45, 7) is 7.62. The van der Waals surface area contributed by atoms with E-state index in [0.717, 1.165) is 37.0 Å². The fourth-order valence-electron chi connectivity index (χ4n) is 4.04. The number of carbonyl (C=O) groups is 3. The van der Waals surface area contributed by atoms with Gasteiger partial charge in [-0.25, -0.2) is 4.79 Å². The zero-order valence-electron chi connectivity index (χ0n) is 16.4. The number of imide groups is 1. The number of rotatable bonds is 8. The molecule has 0 aromatic rings. The van der Waals surface area contributed by atoms with Crippen LogP contribution >= 0.6 is 0 Å². The predicted molar refractivity (Wildman–Crippen MR) is 100 cm³/mol. The molecular weight excluding hydrogens is 332 g/mol. The third-order valence-electron chi connectivity index (χ3n) is 6.36. The number of hydrogen-bond acceptors (Lipinski definition) is 4. The lowest BCUT2D eigenvalue weighted by Gasteiger charge is -2.42. The maximum absolute atomic E-state index is 12.9. The summed E-state index contributed by atoms with van der Waals surface area (Å²) in [5, 5.41) is 5.62. The molecule has 2 rings (SSSR count). The fraction of sp³-hybridized carbons (Fsp3) is 0.842.